The maximum Gasteiger partial charge on any atom is 0.224 e. The van der Waals surface area contributed by atoms with Crippen molar-refractivity contribution >= 4 is 11.6 Å². The molecule has 1 fully saturated rings. The number of carbonyl (C=O) groups excluding carboxylic acids is 1. The van der Waals surface area contributed by atoms with Gasteiger partial charge in [-0.05, 0) is 42.8 Å². The highest BCUT2D eigenvalue weighted by atomic mass is 16.5. The van der Waals surface area contributed by atoms with Gasteiger partial charge in [-0.1, -0.05) is 24.2 Å². The van der Waals surface area contributed by atoms with Crippen LogP contribution in [-0.4, -0.2) is 34.3 Å². The van der Waals surface area contributed by atoms with Gasteiger partial charge in [-0.15, -0.1) is 10.2 Å². The highest BCUT2D eigenvalue weighted by molar-refractivity contribution is 5.92. The van der Waals surface area contributed by atoms with Crippen LogP contribution in [-0.2, 0) is 17.6 Å². The van der Waals surface area contributed by atoms with Crippen molar-refractivity contribution in [1.29, 1.82) is 0 Å². The summed E-state index contributed by atoms with van der Waals surface area (Å²) in [4.78, 5) is 15.2. The molecule has 1 aromatic carbocycles. The van der Waals surface area contributed by atoms with Gasteiger partial charge in [-0.2, -0.15) is 0 Å². The first-order chi connectivity index (χ1) is 14.1. The number of azide groups is 1. The van der Waals surface area contributed by atoms with E-state index in [4.69, 9.17) is 10.3 Å². The number of aryl methyl sites for hydroxylation is 2. The summed E-state index contributed by atoms with van der Waals surface area (Å²) < 4.78 is 7.48. The molecule has 1 unspecified atom stereocenters. The number of nitrogens with zero attached hydrogens (tertiary/aromatic N) is 6. The van der Waals surface area contributed by atoms with Crippen LogP contribution in [0.4, 0.5) is 5.69 Å². The van der Waals surface area contributed by atoms with Gasteiger partial charge in [0, 0.05) is 36.8 Å². The van der Waals surface area contributed by atoms with E-state index in [1.54, 1.807) is 7.11 Å². The number of aromatic nitrogens is 3. The zero-order valence-electron chi connectivity index (χ0n) is 16.9. The molecule has 9 heteroatoms. The summed E-state index contributed by atoms with van der Waals surface area (Å²) in [5, 5.41) is 15.3. The second-order valence-corrected chi connectivity index (χ2v) is 7.44. The van der Waals surface area contributed by atoms with Crippen molar-refractivity contribution in [1.82, 2.24) is 14.8 Å². The van der Waals surface area contributed by atoms with Crippen LogP contribution in [0.25, 0.3) is 10.4 Å². The first-order valence-corrected chi connectivity index (χ1v) is 9.98. The van der Waals surface area contributed by atoms with Gasteiger partial charge in [0.15, 0.2) is 0 Å². The summed E-state index contributed by atoms with van der Waals surface area (Å²) in [6, 6.07) is 7.80. The van der Waals surface area contributed by atoms with E-state index in [1.807, 2.05) is 24.3 Å². The number of ether oxygens (including phenoxy) is 1. The number of para-hydroxylation sites is 2. The lowest BCUT2D eigenvalue weighted by atomic mass is 10.1. The van der Waals surface area contributed by atoms with Crippen molar-refractivity contribution in [3.8, 4) is 5.75 Å². The topological polar surface area (TPSA) is 118 Å². The molecule has 1 aliphatic carbocycles. The molecular weight excluding hydrogens is 370 g/mol. The largest absolute Gasteiger partial charge is 0.495 e. The summed E-state index contributed by atoms with van der Waals surface area (Å²) in [7, 11) is 1.58. The van der Waals surface area contributed by atoms with Gasteiger partial charge in [0.25, 0.3) is 0 Å². The van der Waals surface area contributed by atoms with Gasteiger partial charge in [0.2, 0.25) is 5.91 Å². The fourth-order valence-electron chi connectivity index (χ4n) is 3.28. The summed E-state index contributed by atoms with van der Waals surface area (Å²) in [6.07, 6.45) is 4.80. The molecule has 0 radical (unpaired) electrons. The van der Waals surface area contributed by atoms with Gasteiger partial charge in [0.1, 0.15) is 17.4 Å². The van der Waals surface area contributed by atoms with E-state index in [0.717, 1.165) is 37.3 Å². The molecule has 2 aromatic rings. The highest BCUT2D eigenvalue weighted by Crippen LogP contribution is 2.37. The lowest BCUT2D eigenvalue weighted by molar-refractivity contribution is -0.116. The third kappa shape index (κ3) is 5.71. The normalized spacial score (nSPS) is 14.1. The SMILES string of the molecule is COc1ccccc1NC(=O)CCc1nnc(CCC(C)CN=[N+]=[N-])n1C1CC1. The Morgan fingerprint density at radius 1 is 1.34 bits per heavy atom. The number of methoxy groups -OCH3 is 1. The predicted octanol–water partition coefficient (Wildman–Crippen LogP) is 4.07. The Balaban J connectivity index is 1.58. The average molecular weight is 397 g/mol. The fraction of sp³-hybridized carbons (Fsp3) is 0.550. The summed E-state index contributed by atoms with van der Waals surface area (Å²) in [5.41, 5.74) is 9.11. The van der Waals surface area contributed by atoms with Crippen LogP contribution in [0.15, 0.2) is 29.4 Å². The zero-order valence-corrected chi connectivity index (χ0v) is 16.9. The second kappa shape index (κ2) is 9.93. The molecule has 0 saturated heterocycles. The van der Waals surface area contributed by atoms with E-state index in [1.165, 1.54) is 0 Å². The maximum atomic E-state index is 12.4. The molecule has 9 nitrogen and oxygen atoms in total. The Morgan fingerprint density at radius 2 is 2.07 bits per heavy atom. The van der Waals surface area contributed by atoms with E-state index >= 15 is 0 Å². The first-order valence-electron chi connectivity index (χ1n) is 9.98. The Bertz CT molecular complexity index is 885. The van der Waals surface area contributed by atoms with Crippen LogP contribution in [0, 0.1) is 5.92 Å². The molecule has 1 heterocycles. The second-order valence-electron chi connectivity index (χ2n) is 7.44. The first kappa shape index (κ1) is 20.7. The Kier molecular flexibility index (Phi) is 7.08. The van der Waals surface area contributed by atoms with Crippen LogP contribution in [0.3, 0.4) is 0 Å². The van der Waals surface area contributed by atoms with Crippen molar-refractivity contribution in [2.45, 2.75) is 51.5 Å². The monoisotopic (exact) mass is 397 g/mol. The van der Waals surface area contributed by atoms with Crippen molar-refractivity contribution in [2.75, 3.05) is 19.0 Å². The van der Waals surface area contributed by atoms with Crippen molar-refractivity contribution in [3.63, 3.8) is 0 Å². The smallest absolute Gasteiger partial charge is 0.224 e. The third-order valence-electron chi connectivity index (χ3n) is 5.02. The molecule has 1 N–H and O–H groups in total. The molecule has 0 aliphatic heterocycles. The lowest BCUT2D eigenvalue weighted by Crippen LogP contribution is -2.15. The number of hydrogen-bond acceptors (Lipinski definition) is 5. The Labute approximate surface area is 170 Å². The van der Waals surface area contributed by atoms with Gasteiger partial charge in [-0.25, -0.2) is 0 Å². The van der Waals surface area contributed by atoms with E-state index in [0.29, 0.717) is 42.8 Å². The number of hydrogen-bond donors (Lipinski definition) is 1. The molecule has 1 aliphatic rings. The molecule has 1 saturated carbocycles. The number of rotatable bonds is 11. The average Bonchev–Trinajstić information content (AvgIpc) is 3.49. The van der Waals surface area contributed by atoms with Crippen LogP contribution in [0.2, 0.25) is 0 Å². The minimum Gasteiger partial charge on any atom is -0.495 e. The number of anilines is 1. The molecular formula is C20H27N7O2. The van der Waals surface area contributed by atoms with Crippen molar-refractivity contribution in [3.05, 3.63) is 46.4 Å². The molecule has 1 atom stereocenters. The van der Waals surface area contributed by atoms with E-state index in [-0.39, 0.29) is 5.91 Å². The van der Waals surface area contributed by atoms with E-state index in [2.05, 4.69) is 37.0 Å². The fourth-order valence-corrected chi connectivity index (χ4v) is 3.28. The molecule has 0 spiro atoms. The number of benzene rings is 1. The number of carbonyl (C=O) groups is 1. The molecule has 1 aromatic heterocycles. The standard InChI is InChI=1S/C20H27N7O2/c1-14(13-22-26-21)7-10-18-24-25-19(27(18)15-8-9-15)11-12-20(28)23-16-5-3-4-6-17(16)29-2/h3-6,14-15H,7-13H2,1-2H3,(H,23,28). The summed E-state index contributed by atoms with van der Waals surface area (Å²) >= 11 is 0. The van der Waals surface area contributed by atoms with Crippen LogP contribution < -0.4 is 10.1 Å². The Hall–Kier alpha value is -3.06. The summed E-state index contributed by atoms with van der Waals surface area (Å²) in [5.74, 6) is 2.68. The minimum atomic E-state index is -0.0793. The summed E-state index contributed by atoms with van der Waals surface area (Å²) in [6.45, 7) is 2.56. The van der Waals surface area contributed by atoms with E-state index < -0.39 is 0 Å². The highest BCUT2D eigenvalue weighted by Gasteiger charge is 2.29. The number of nitrogens with one attached hydrogen (secondary N) is 1. The van der Waals surface area contributed by atoms with E-state index in [9.17, 15) is 4.79 Å². The van der Waals surface area contributed by atoms with Gasteiger partial charge in [0.05, 0.1) is 12.8 Å². The maximum absolute atomic E-state index is 12.4. The third-order valence-corrected chi connectivity index (χ3v) is 5.02. The van der Waals surface area contributed by atoms with Gasteiger partial charge >= 0.3 is 0 Å². The van der Waals surface area contributed by atoms with Crippen LogP contribution in [0.5, 0.6) is 5.75 Å². The molecule has 0 bridgehead atoms. The quantitative estimate of drug-likeness (QED) is 0.349. The Morgan fingerprint density at radius 3 is 2.76 bits per heavy atom. The van der Waals surface area contributed by atoms with Crippen LogP contribution in [0.1, 0.15) is 50.3 Å². The predicted molar refractivity (Wildman–Crippen MR) is 110 cm³/mol. The molecule has 29 heavy (non-hydrogen) atoms. The van der Waals surface area contributed by atoms with Crippen molar-refractivity contribution < 1.29 is 9.53 Å². The number of amides is 1. The lowest BCUT2D eigenvalue weighted by Gasteiger charge is -2.12. The van der Waals surface area contributed by atoms with Crippen molar-refractivity contribution in [2.24, 2.45) is 11.0 Å². The molecule has 154 valence electrons. The molecule has 1 amide bonds. The molecule has 3 rings (SSSR count). The van der Waals surface area contributed by atoms with Gasteiger partial charge < -0.3 is 14.6 Å². The van der Waals surface area contributed by atoms with Gasteiger partial charge in [-0.3, -0.25) is 4.79 Å². The minimum absolute atomic E-state index is 0.0793. The zero-order chi connectivity index (χ0) is 20.6. The van der Waals surface area contributed by atoms with Crippen LogP contribution >= 0.6 is 0 Å².